The van der Waals surface area contributed by atoms with Crippen molar-refractivity contribution >= 4 is 12.2 Å². The fourth-order valence-electron chi connectivity index (χ4n) is 1.75. The number of carbonyl (C=O) groups excluding carboxylic acids is 2. The molecule has 1 aromatic carbocycles. The van der Waals surface area contributed by atoms with Gasteiger partial charge in [0.1, 0.15) is 5.69 Å². The Balaban J connectivity index is 0.000000646. The molecule has 1 atom stereocenters. The van der Waals surface area contributed by atoms with E-state index in [9.17, 15) is 9.59 Å². The molecule has 0 fully saturated rings. The maximum atomic E-state index is 11.3. The molecule has 142 valence electrons. The van der Waals surface area contributed by atoms with Crippen LogP contribution in [0, 0.1) is 18.8 Å². The highest BCUT2D eigenvalue weighted by Gasteiger charge is 2.09. The Morgan fingerprint density at radius 2 is 2.00 bits per heavy atom. The predicted molar refractivity (Wildman–Crippen MR) is 104 cm³/mol. The lowest BCUT2D eigenvalue weighted by atomic mass is 10.1. The van der Waals surface area contributed by atoms with Gasteiger partial charge in [0.2, 0.25) is 0 Å². The monoisotopic (exact) mass is 368 g/mol. The zero-order valence-corrected chi connectivity index (χ0v) is 15.9. The molecule has 2 aromatic rings. The number of hydrogen-bond donors (Lipinski definition) is 2. The van der Waals surface area contributed by atoms with Crippen LogP contribution in [0.1, 0.15) is 28.7 Å². The maximum absolute atomic E-state index is 11.3. The number of primary amides is 1. The van der Waals surface area contributed by atoms with Gasteiger partial charge in [-0.2, -0.15) is 0 Å². The molecule has 7 heteroatoms. The van der Waals surface area contributed by atoms with Crippen LogP contribution in [0.15, 0.2) is 30.3 Å². The number of aromatic nitrogens is 2. The molecule has 0 bridgehead atoms. The zero-order chi connectivity index (χ0) is 20.4. The van der Waals surface area contributed by atoms with Crippen LogP contribution >= 0.6 is 0 Å². The van der Waals surface area contributed by atoms with Crippen molar-refractivity contribution in [3.05, 3.63) is 47.3 Å². The molecule has 0 saturated carbocycles. The number of nitrogens with zero attached hydrogens (tertiary/aromatic N) is 3. The second-order valence-corrected chi connectivity index (χ2v) is 5.91. The molecule has 0 radical (unpaired) electrons. The van der Waals surface area contributed by atoms with E-state index in [1.165, 1.54) is 6.07 Å². The van der Waals surface area contributed by atoms with Crippen LogP contribution in [0.3, 0.4) is 0 Å². The van der Waals surface area contributed by atoms with Crippen LogP contribution < -0.4 is 5.73 Å². The Kier molecular flexibility index (Phi) is 8.79. The minimum atomic E-state index is -1.32. The summed E-state index contributed by atoms with van der Waals surface area (Å²) < 4.78 is 0. The van der Waals surface area contributed by atoms with Crippen molar-refractivity contribution in [1.29, 1.82) is 0 Å². The third-order valence-electron chi connectivity index (χ3n) is 3.35. The van der Waals surface area contributed by atoms with Crippen molar-refractivity contribution in [2.24, 2.45) is 5.73 Å². The van der Waals surface area contributed by atoms with E-state index in [0.717, 1.165) is 6.54 Å². The number of nitrogens with two attached hydrogens (primary N) is 1. The highest BCUT2D eigenvalue weighted by Crippen LogP contribution is 2.17. The summed E-state index contributed by atoms with van der Waals surface area (Å²) in [6.45, 7) is 5.00. The summed E-state index contributed by atoms with van der Waals surface area (Å²) in [5, 5.41) is 9.12. The first-order valence-electron chi connectivity index (χ1n) is 8.32. The Hall–Kier alpha value is -3.08. The van der Waals surface area contributed by atoms with Crippen molar-refractivity contribution in [2.75, 3.05) is 20.6 Å². The summed E-state index contributed by atoms with van der Waals surface area (Å²) in [7, 11) is 4.11. The molecule has 0 aliphatic rings. The van der Waals surface area contributed by atoms with Crippen LogP contribution in [-0.4, -0.2) is 58.9 Å². The minimum Gasteiger partial charge on any atom is -0.373 e. The van der Waals surface area contributed by atoms with E-state index in [1.807, 2.05) is 0 Å². The number of aryl methyl sites for hydroxylation is 1. The van der Waals surface area contributed by atoms with E-state index in [4.69, 9.17) is 10.8 Å². The minimum absolute atomic E-state index is 0.135. The SMILES string of the molecule is CCN(C)C.Cc1cc(C(N)=O)nc(-c2cccc(C#CC(O)C=O)c2)n1. The molecule has 0 aliphatic carbocycles. The Labute approximate surface area is 159 Å². The molecule has 7 nitrogen and oxygen atoms in total. The van der Waals surface area contributed by atoms with Gasteiger partial charge in [-0.05, 0) is 45.8 Å². The molecule has 1 unspecified atom stereocenters. The van der Waals surface area contributed by atoms with Gasteiger partial charge in [0.15, 0.2) is 18.2 Å². The molecule has 1 heterocycles. The summed E-state index contributed by atoms with van der Waals surface area (Å²) in [6, 6.07) is 8.43. The van der Waals surface area contributed by atoms with Crippen LogP contribution in [0.5, 0.6) is 0 Å². The number of aldehydes is 1. The van der Waals surface area contributed by atoms with E-state index >= 15 is 0 Å². The average molecular weight is 368 g/mol. The smallest absolute Gasteiger partial charge is 0.267 e. The van der Waals surface area contributed by atoms with Gasteiger partial charge >= 0.3 is 0 Å². The van der Waals surface area contributed by atoms with Crippen LogP contribution in [0.4, 0.5) is 0 Å². The van der Waals surface area contributed by atoms with Crippen molar-refractivity contribution in [1.82, 2.24) is 14.9 Å². The second kappa shape index (κ2) is 10.8. The van der Waals surface area contributed by atoms with Gasteiger partial charge in [0.25, 0.3) is 5.91 Å². The molecule has 0 spiro atoms. The second-order valence-electron chi connectivity index (χ2n) is 5.91. The third-order valence-corrected chi connectivity index (χ3v) is 3.35. The number of hydrogen-bond acceptors (Lipinski definition) is 6. The van der Waals surface area contributed by atoms with Crippen molar-refractivity contribution in [3.8, 4) is 23.2 Å². The number of amides is 1. The van der Waals surface area contributed by atoms with E-state index in [2.05, 4.69) is 47.7 Å². The molecule has 1 amide bonds. The van der Waals surface area contributed by atoms with Crippen LogP contribution in [-0.2, 0) is 4.79 Å². The quantitative estimate of drug-likeness (QED) is 0.616. The fourth-order valence-corrected chi connectivity index (χ4v) is 1.75. The highest BCUT2D eigenvalue weighted by atomic mass is 16.3. The first-order chi connectivity index (χ1) is 12.8. The van der Waals surface area contributed by atoms with E-state index < -0.39 is 12.0 Å². The normalized spacial score (nSPS) is 10.9. The summed E-state index contributed by atoms with van der Waals surface area (Å²) >= 11 is 0. The lowest BCUT2D eigenvalue weighted by molar-refractivity contribution is -0.112. The van der Waals surface area contributed by atoms with E-state index in [0.29, 0.717) is 28.9 Å². The standard InChI is InChI=1S/C16H13N3O3.C4H11N/c1-10-7-14(15(17)22)19-16(18-10)12-4-2-3-11(8-12)5-6-13(21)9-20;1-4-5(2)3/h2-4,7-9,13,21H,1H3,(H2,17,22);4H2,1-3H3. The Bertz CT molecular complexity index is 854. The maximum Gasteiger partial charge on any atom is 0.267 e. The van der Waals surface area contributed by atoms with E-state index in [-0.39, 0.29) is 5.69 Å². The summed E-state index contributed by atoms with van der Waals surface area (Å²) in [4.78, 5) is 32.1. The van der Waals surface area contributed by atoms with Crippen LogP contribution in [0.2, 0.25) is 0 Å². The number of benzene rings is 1. The van der Waals surface area contributed by atoms with Gasteiger partial charge in [-0.3, -0.25) is 9.59 Å². The van der Waals surface area contributed by atoms with Crippen molar-refractivity contribution < 1.29 is 14.7 Å². The fraction of sp³-hybridized carbons (Fsp3) is 0.300. The summed E-state index contributed by atoms with van der Waals surface area (Å²) in [5.74, 6) is 4.80. The van der Waals surface area contributed by atoms with Crippen molar-refractivity contribution in [2.45, 2.75) is 20.0 Å². The Morgan fingerprint density at radius 1 is 1.33 bits per heavy atom. The molecule has 2 rings (SSSR count). The average Bonchev–Trinajstić information content (AvgIpc) is 2.66. The van der Waals surface area contributed by atoms with Crippen molar-refractivity contribution in [3.63, 3.8) is 0 Å². The van der Waals surface area contributed by atoms with Crippen LogP contribution in [0.25, 0.3) is 11.4 Å². The molecule has 0 aliphatic heterocycles. The summed E-state index contributed by atoms with van der Waals surface area (Å²) in [5.41, 5.74) is 7.23. The number of carbonyl (C=O) groups is 2. The van der Waals surface area contributed by atoms with Gasteiger partial charge in [-0.15, -0.1) is 0 Å². The molecule has 27 heavy (non-hydrogen) atoms. The van der Waals surface area contributed by atoms with Gasteiger partial charge in [-0.1, -0.05) is 30.9 Å². The number of aliphatic hydroxyl groups is 1. The first kappa shape index (κ1) is 22.0. The van der Waals surface area contributed by atoms with Gasteiger partial charge < -0.3 is 15.7 Å². The molecular weight excluding hydrogens is 344 g/mol. The van der Waals surface area contributed by atoms with Gasteiger partial charge in [0, 0.05) is 16.8 Å². The number of aliphatic hydroxyl groups excluding tert-OH is 1. The number of rotatable bonds is 4. The zero-order valence-electron chi connectivity index (χ0n) is 15.9. The predicted octanol–water partition coefficient (Wildman–Crippen LogP) is 1.03. The third kappa shape index (κ3) is 7.77. The lowest BCUT2D eigenvalue weighted by Crippen LogP contribution is -2.14. The highest BCUT2D eigenvalue weighted by molar-refractivity contribution is 5.91. The lowest BCUT2D eigenvalue weighted by Gasteiger charge is -2.04. The van der Waals surface area contributed by atoms with E-state index in [1.54, 1.807) is 31.2 Å². The Morgan fingerprint density at radius 3 is 2.56 bits per heavy atom. The summed E-state index contributed by atoms with van der Waals surface area (Å²) in [6.07, 6.45) is -0.972. The van der Waals surface area contributed by atoms with Gasteiger partial charge in [0.05, 0.1) is 0 Å². The molecular formula is C20H24N4O3. The molecule has 3 N–H and O–H groups in total. The largest absolute Gasteiger partial charge is 0.373 e. The van der Waals surface area contributed by atoms with Gasteiger partial charge in [-0.25, -0.2) is 9.97 Å². The molecule has 1 aromatic heterocycles. The first-order valence-corrected chi connectivity index (χ1v) is 8.32. The molecule has 0 saturated heterocycles. The topological polar surface area (TPSA) is 109 Å².